The minimum Gasteiger partial charge on any atom is -0.459 e. The number of furan rings is 1. The zero-order chi connectivity index (χ0) is 38.2. The second-order valence-corrected chi connectivity index (χ2v) is 16.7. The van der Waals surface area contributed by atoms with Crippen molar-refractivity contribution >= 4 is 78.6 Å². The van der Waals surface area contributed by atoms with E-state index in [1.54, 1.807) is 54.6 Å². The molecule has 1 aromatic heterocycles. The summed E-state index contributed by atoms with van der Waals surface area (Å²) >= 11 is 18.2. The Balaban J connectivity index is 1.29. The van der Waals surface area contributed by atoms with Crippen molar-refractivity contribution in [3.63, 3.8) is 0 Å². The number of halogens is 3. The fourth-order valence-corrected chi connectivity index (χ4v) is 8.21. The Bertz CT molecular complexity index is 2320. The van der Waals surface area contributed by atoms with Gasteiger partial charge in [-0.05, 0) is 83.9 Å². The van der Waals surface area contributed by atoms with Gasteiger partial charge < -0.3 is 9.73 Å². The molecule has 0 saturated heterocycles. The Hall–Kier alpha value is -4.54. The molecular formula is C36H32Cl3N5O7S2. The summed E-state index contributed by atoms with van der Waals surface area (Å²) in [6.45, 7) is 0.419. The normalized spacial score (nSPS) is 12.0. The number of carbonyl (C=O) groups excluding carboxylic acids is 2. The van der Waals surface area contributed by atoms with Crippen LogP contribution < -0.4 is 10.7 Å². The van der Waals surface area contributed by atoms with Crippen molar-refractivity contribution in [3.05, 3.63) is 147 Å². The number of anilines is 1. The molecule has 0 saturated carbocycles. The molecule has 0 fully saturated rings. The first-order valence-electron chi connectivity index (χ1n) is 15.7. The predicted octanol–water partition coefficient (Wildman–Crippen LogP) is 6.93. The van der Waals surface area contributed by atoms with Gasteiger partial charge in [0.1, 0.15) is 11.5 Å². The van der Waals surface area contributed by atoms with E-state index >= 15 is 0 Å². The van der Waals surface area contributed by atoms with Crippen LogP contribution in [0.3, 0.4) is 0 Å². The standard InChI is InChI=1S/C36H32Cl3N5O7S2/c1-25(45)41-29-10-16-33(17-11-29)53(49,50)44(21-26-5-3-2-4-6-26)24-36(46)42-40-20-30-12-13-31(51-30)23-43(22-27-7-18-34(38)35(39)19-27)52(47,48)32-14-8-28(37)9-15-32/h2-20H,21-24H2,1H3,(H,41,45)(H,42,46)/b40-20-. The summed E-state index contributed by atoms with van der Waals surface area (Å²) in [6.07, 6.45) is 1.20. The van der Waals surface area contributed by atoms with Crippen molar-refractivity contribution in [2.75, 3.05) is 11.9 Å². The number of amides is 2. The number of benzene rings is 4. The highest BCUT2D eigenvalue weighted by Gasteiger charge is 2.28. The van der Waals surface area contributed by atoms with E-state index in [1.165, 1.54) is 72.0 Å². The van der Waals surface area contributed by atoms with Crippen molar-refractivity contribution in [1.29, 1.82) is 0 Å². The number of nitrogens with one attached hydrogen (secondary N) is 2. The molecule has 5 aromatic rings. The zero-order valence-electron chi connectivity index (χ0n) is 27.9. The Kier molecular flexibility index (Phi) is 13.1. The van der Waals surface area contributed by atoms with E-state index < -0.39 is 32.5 Å². The third-order valence-corrected chi connectivity index (χ3v) is 12.1. The van der Waals surface area contributed by atoms with Crippen LogP contribution in [0.5, 0.6) is 0 Å². The molecule has 4 aromatic carbocycles. The SMILES string of the molecule is CC(=O)Nc1ccc(S(=O)(=O)N(CC(=O)N/N=C\c2ccc(CN(Cc3ccc(Cl)c(Cl)c3)S(=O)(=O)c3ccc(Cl)cc3)o2)Cc2ccccc2)cc1. The summed E-state index contributed by atoms with van der Waals surface area (Å²) in [5.41, 5.74) is 3.97. The minimum atomic E-state index is -4.17. The van der Waals surface area contributed by atoms with Gasteiger partial charge in [0, 0.05) is 30.7 Å². The summed E-state index contributed by atoms with van der Waals surface area (Å²) < 4.78 is 62.8. The Morgan fingerprint density at radius 2 is 1.34 bits per heavy atom. The maximum absolute atomic E-state index is 13.7. The third-order valence-electron chi connectivity index (χ3n) is 7.52. The molecule has 0 radical (unpaired) electrons. The van der Waals surface area contributed by atoms with Crippen molar-refractivity contribution in [3.8, 4) is 0 Å². The topological polar surface area (TPSA) is 158 Å². The van der Waals surface area contributed by atoms with Crippen molar-refractivity contribution in [2.45, 2.75) is 36.3 Å². The molecule has 0 atom stereocenters. The smallest absolute Gasteiger partial charge is 0.255 e. The molecule has 276 valence electrons. The first-order chi connectivity index (χ1) is 25.2. The highest BCUT2D eigenvalue weighted by Crippen LogP contribution is 2.27. The zero-order valence-corrected chi connectivity index (χ0v) is 31.8. The van der Waals surface area contributed by atoms with Crippen LogP contribution in [0.4, 0.5) is 5.69 Å². The number of carbonyl (C=O) groups is 2. The van der Waals surface area contributed by atoms with Gasteiger partial charge in [-0.15, -0.1) is 0 Å². The largest absolute Gasteiger partial charge is 0.459 e. The van der Waals surface area contributed by atoms with Gasteiger partial charge in [0.05, 0.1) is 39.1 Å². The molecule has 0 bridgehead atoms. The lowest BCUT2D eigenvalue weighted by molar-refractivity contribution is -0.121. The number of hydrogen-bond acceptors (Lipinski definition) is 8. The molecule has 2 amide bonds. The molecular weight excluding hydrogens is 785 g/mol. The van der Waals surface area contributed by atoms with Crippen LogP contribution in [-0.2, 0) is 49.3 Å². The average molecular weight is 817 g/mol. The van der Waals surface area contributed by atoms with Gasteiger partial charge in [-0.1, -0.05) is 71.2 Å². The Morgan fingerprint density at radius 1 is 0.717 bits per heavy atom. The molecule has 0 unspecified atom stereocenters. The van der Waals surface area contributed by atoms with Crippen LogP contribution in [0.2, 0.25) is 15.1 Å². The first kappa shape index (κ1) is 39.7. The number of rotatable bonds is 15. The van der Waals surface area contributed by atoms with Gasteiger partial charge >= 0.3 is 0 Å². The molecule has 0 aliphatic carbocycles. The first-order valence-corrected chi connectivity index (χ1v) is 19.7. The minimum absolute atomic E-state index is 0.0170. The molecule has 1 heterocycles. The lowest BCUT2D eigenvalue weighted by atomic mass is 10.2. The van der Waals surface area contributed by atoms with Crippen LogP contribution in [-0.4, -0.2) is 50.0 Å². The van der Waals surface area contributed by atoms with E-state index in [9.17, 15) is 26.4 Å². The van der Waals surface area contributed by atoms with E-state index in [0.717, 1.165) is 4.31 Å². The highest BCUT2D eigenvalue weighted by molar-refractivity contribution is 7.89. The van der Waals surface area contributed by atoms with Crippen molar-refractivity contribution in [2.24, 2.45) is 5.10 Å². The number of sulfonamides is 2. The molecule has 12 nitrogen and oxygen atoms in total. The maximum Gasteiger partial charge on any atom is 0.255 e. The van der Waals surface area contributed by atoms with Crippen molar-refractivity contribution in [1.82, 2.24) is 14.0 Å². The molecule has 0 aliphatic heterocycles. The predicted molar refractivity (Wildman–Crippen MR) is 204 cm³/mol. The molecule has 0 aliphatic rings. The molecule has 2 N–H and O–H groups in total. The van der Waals surface area contributed by atoms with Gasteiger partial charge in [0.2, 0.25) is 26.0 Å². The molecule has 5 rings (SSSR count). The maximum atomic E-state index is 13.7. The Morgan fingerprint density at radius 3 is 1.98 bits per heavy atom. The van der Waals surface area contributed by atoms with Gasteiger partial charge in [0.25, 0.3) is 5.91 Å². The average Bonchev–Trinajstić information content (AvgIpc) is 3.57. The van der Waals surface area contributed by atoms with Gasteiger partial charge in [-0.2, -0.15) is 13.7 Å². The second kappa shape index (κ2) is 17.5. The van der Waals surface area contributed by atoms with E-state index in [1.807, 2.05) is 0 Å². The molecule has 53 heavy (non-hydrogen) atoms. The lowest BCUT2D eigenvalue weighted by Crippen LogP contribution is -2.39. The molecule has 0 spiro atoms. The summed E-state index contributed by atoms with van der Waals surface area (Å²) in [6, 6.07) is 28.0. The number of hydrogen-bond donors (Lipinski definition) is 2. The van der Waals surface area contributed by atoms with Gasteiger partial charge in [-0.25, -0.2) is 22.3 Å². The number of nitrogens with zero attached hydrogens (tertiary/aromatic N) is 3. The van der Waals surface area contributed by atoms with Crippen LogP contribution in [0, 0.1) is 0 Å². The summed E-state index contributed by atoms with van der Waals surface area (Å²) in [5.74, 6) is -0.589. The quantitative estimate of drug-likeness (QED) is 0.0857. The summed E-state index contributed by atoms with van der Waals surface area (Å²) in [5, 5.41) is 7.48. The van der Waals surface area contributed by atoms with Gasteiger partial charge in [0.15, 0.2) is 0 Å². The van der Waals surface area contributed by atoms with E-state index in [0.29, 0.717) is 26.9 Å². The lowest BCUT2D eigenvalue weighted by Gasteiger charge is -2.22. The Labute approximate surface area is 322 Å². The molecule has 17 heteroatoms. The van der Waals surface area contributed by atoms with Crippen LogP contribution >= 0.6 is 34.8 Å². The number of hydrazone groups is 1. The highest BCUT2D eigenvalue weighted by atomic mass is 35.5. The van der Waals surface area contributed by atoms with Crippen LogP contribution in [0.1, 0.15) is 29.6 Å². The fraction of sp³-hybridized carbons (Fsp3) is 0.139. The van der Waals surface area contributed by atoms with Crippen molar-refractivity contribution < 1.29 is 30.8 Å². The fourth-order valence-electron chi connectivity index (χ4n) is 4.98. The van der Waals surface area contributed by atoms with Crippen LogP contribution in [0.15, 0.2) is 129 Å². The van der Waals surface area contributed by atoms with E-state index in [4.69, 9.17) is 39.2 Å². The third kappa shape index (κ3) is 10.8. The van der Waals surface area contributed by atoms with Gasteiger partial charge in [-0.3, -0.25) is 9.59 Å². The summed E-state index contributed by atoms with van der Waals surface area (Å²) in [7, 11) is -8.22. The van der Waals surface area contributed by atoms with E-state index in [2.05, 4.69) is 15.8 Å². The monoisotopic (exact) mass is 815 g/mol. The van der Waals surface area contributed by atoms with E-state index in [-0.39, 0.29) is 51.9 Å². The summed E-state index contributed by atoms with van der Waals surface area (Å²) in [4.78, 5) is 24.3. The second-order valence-electron chi connectivity index (χ2n) is 11.5. The van der Waals surface area contributed by atoms with Crippen LogP contribution in [0.25, 0.3) is 0 Å².